The molecule has 0 saturated carbocycles. The molecule has 1 aliphatic rings. The number of nitrogens with zero attached hydrogens (tertiary/aromatic N) is 4. The highest BCUT2D eigenvalue weighted by Gasteiger charge is 2.23. The summed E-state index contributed by atoms with van der Waals surface area (Å²) in [6.07, 6.45) is 3.35. The molecule has 3 heterocycles. The second-order valence-corrected chi connectivity index (χ2v) is 7.61. The lowest BCUT2D eigenvalue weighted by Gasteiger charge is -2.35. The number of rotatable bonds is 6. The predicted octanol–water partition coefficient (Wildman–Crippen LogP) is 2.78. The van der Waals surface area contributed by atoms with Gasteiger partial charge in [-0.15, -0.1) is 17.9 Å². The molecular weight excluding hydrogens is 370 g/mol. The summed E-state index contributed by atoms with van der Waals surface area (Å²) in [4.78, 5) is 26.5. The molecule has 1 aromatic carbocycles. The van der Waals surface area contributed by atoms with Crippen LogP contribution in [0.4, 0.5) is 5.82 Å². The molecule has 0 unspecified atom stereocenters. The van der Waals surface area contributed by atoms with Gasteiger partial charge in [0.15, 0.2) is 0 Å². The van der Waals surface area contributed by atoms with Crippen molar-refractivity contribution in [1.82, 2.24) is 20.2 Å². The van der Waals surface area contributed by atoms with E-state index >= 15 is 0 Å². The van der Waals surface area contributed by atoms with Gasteiger partial charge in [0.2, 0.25) is 5.91 Å². The van der Waals surface area contributed by atoms with Crippen LogP contribution in [0.5, 0.6) is 0 Å². The van der Waals surface area contributed by atoms with E-state index < -0.39 is 0 Å². The number of carbonyl (C=O) groups is 1. The number of carbonyl (C=O) groups excluding carboxylic acids is 1. The Kier molecular flexibility index (Phi) is 5.64. The highest BCUT2D eigenvalue weighted by atomic mass is 32.1. The van der Waals surface area contributed by atoms with Crippen LogP contribution in [0.1, 0.15) is 0 Å². The normalized spacial score (nSPS) is 14.9. The number of amides is 1. The van der Waals surface area contributed by atoms with Crippen LogP contribution in [0.2, 0.25) is 0 Å². The van der Waals surface area contributed by atoms with Crippen molar-refractivity contribution in [1.29, 1.82) is 0 Å². The number of hydrogen-bond acceptors (Lipinski definition) is 6. The van der Waals surface area contributed by atoms with Crippen LogP contribution in [-0.2, 0) is 4.79 Å². The average molecular weight is 394 g/mol. The third-order valence-electron chi connectivity index (χ3n) is 4.92. The first-order valence-corrected chi connectivity index (χ1v) is 10.3. The van der Waals surface area contributed by atoms with Gasteiger partial charge in [-0.1, -0.05) is 36.4 Å². The van der Waals surface area contributed by atoms with Crippen molar-refractivity contribution < 1.29 is 4.79 Å². The Morgan fingerprint density at radius 2 is 1.96 bits per heavy atom. The van der Waals surface area contributed by atoms with Gasteiger partial charge in [-0.05, 0) is 5.56 Å². The Hall–Kier alpha value is -2.77. The largest absolute Gasteiger partial charge is 0.353 e. The van der Waals surface area contributed by atoms with Gasteiger partial charge in [0.1, 0.15) is 17.0 Å². The van der Waals surface area contributed by atoms with Gasteiger partial charge in [-0.3, -0.25) is 9.69 Å². The maximum absolute atomic E-state index is 11.9. The first kappa shape index (κ1) is 18.6. The summed E-state index contributed by atoms with van der Waals surface area (Å²) < 4.78 is 0. The van der Waals surface area contributed by atoms with E-state index in [0.717, 1.165) is 42.2 Å². The standard InChI is InChI=1S/C21H23N5OS/c1-2-8-22-18(27)13-25-9-11-26(12-10-25)20-19-17(16-6-4-3-5-7-16)14-28-21(19)24-15-23-20/h2-7,14-15H,1,8-13H2,(H,22,27). The molecule has 0 spiro atoms. The van der Waals surface area contributed by atoms with Crippen LogP contribution in [0.15, 0.2) is 54.7 Å². The highest BCUT2D eigenvalue weighted by molar-refractivity contribution is 7.17. The van der Waals surface area contributed by atoms with E-state index in [2.05, 4.69) is 61.3 Å². The van der Waals surface area contributed by atoms with E-state index in [1.807, 2.05) is 6.07 Å². The number of nitrogens with one attached hydrogen (secondary N) is 1. The summed E-state index contributed by atoms with van der Waals surface area (Å²) in [6, 6.07) is 10.4. The molecule has 0 atom stereocenters. The van der Waals surface area contributed by atoms with Crippen LogP contribution in [0.25, 0.3) is 21.3 Å². The average Bonchev–Trinajstić information content (AvgIpc) is 3.18. The molecule has 7 heteroatoms. The third-order valence-corrected chi connectivity index (χ3v) is 5.80. The molecule has 1 N–H and O–H groups in total. The lowest BCUT2D eigenvalue weighted by atomic mass is 10.1. The molecule has 2 aromatic heterocycles. The smallest absolute Gasteiger partial charge is 0.234 e. The second-order valence-electron chi connectivity index (χ2n) is 6.75. The van der Waals surface area contributed by atoms with Gasteiger partial charge in [0, 0.05) is 43.7 Å². The van der Waals surface area contributed by atoms with E-state index in [1.165, 1.54) is 11.1 Å². The molecule has 28 heavy (non-hydrogen) atoms. The molecule has 0 radical (unpaired) electrons. The fraction of sp³-hybridized carbons (Fsp3) is 0.286. The van der Waals surface area contributed by atoms with E-state index in [9.17, 15) is 4.79 Å². The van der Waals surface area contributed by atoms with E-state index in [4.69, 9.17) is 0 Å². The fourth-order valence-corrected chi connectivity index (χ4v) is 4.40. The Labute approximate surface area is 168 Å². The van der Waals surface area contributed by atoms with Gasteiger partial charge in [-0.2, -0.15) is 0 Å². The molecule has 3 aromatic rings. The molecular formula is C21H23N5OS. The number of fused-ring (bicyclic) bond motifs is 1. The predicted molar refractivity (Wildman–Crippen MR) is 115 cm³/mol. The maximum atomic E-state index is 11.9. The summed E-state index contributed by atoms with van der Waals surface area (Å²) in [6.45, 7) is 7.90. The van der Waals surface area contributed by atoms with Gasteiger partial charge >= 0.3 is 0 Å². The van der Waals surface area contributed by atoms with E-state index in [1.54, 1.807) is 23.7 Å². The molecule has 1 aliphatic heterocycles. The number of anilines is 1. The number of benzene rings is 1. The molecule has 144 valence electrons. The van der Waals surface area contributed by atoms with Crippen molar-refractivity contribution in [3.8, 4) is 11.1 Å². The van der Waals surface area contributed by atoms with Crippen LogP contribution in [-0.4, -0.2) is 60.0 Å². The molecule has 0 bridgehead atoms. The summed E-state index contributed by atoms with van der Waals surface area (Å²) in [7, 11) is 0. The number of hydrogen-bond donors (Lipinski definition) is 1. The number of thiophene rings is 1. The Morgan fingerprint density at radius 3 is 2.71 bits per heavy atom. The van der Waals surface area contributed by atoms with E-state index in [0.29, 0.717) is 13.1 Å². The monoisotopic (exact) mass is 393 g/mol. The Balaban J connectivity index is 1.52. The quantitative estimate of drug-likeness (QED) is 0.653. The minimum atomic E-state index is 0.0435. The number of aromatic nitrogens is 2. The zero-order valence-electron chi connectivity index (χ0n) is 15.7. The van der Waals surface area contributed by atoms with Crippen molar-refractivity contribution in [3.05, 3.63) is 54.7 Å². The van der Waals surface area contributed by atoms with Crippen molar-refractivity contribution in [2.45, 2.75) is 0 Å². The third kappa shape index (κ3) is 3.90. The summed E-state index contributed by atoms with van der Waals surface area (Å²) in [5, 5.41) is 6.12. The van der Waals surface area contributed by atoms with Gasteiger partial charge in [0.25, 0.3) is 0 Å². The van der Waals surface area contributed by atoms with Crippen LogP contribution < -0.4 is 10.2 Å². The summed E-state index contributed by atoms with van der Waals surface area (Å²) in [5.41, 5.74) is 2.37. The SMILES string of the molecule is C=CCNC(=O)CN1CCN(c2ncnc3scc(-c4ccccc4)c23)CC1. The molecule has 1 saturated heterocycles. The maximum Gasteiger partial charge on any atom is 0.234 e. The van der Waals surface area contributed by atoms with Gasteiger partial charge < -0.3 is 10.2 Å². The minimum absolute atomic E-state index is 0.0435. The van der Waals surface area contributed by atoms with Crippen molar-refractivity contribution >= 4 is 33.3 Å². The first-order chi connectivity index (χ1) is 13.8. The van der Waals surface area contributed by atoms with E-state index in [-0.39, 0.29) is 5.91 Å². The number of piperazine rings is 1. The molecule has 0 aliphatic carbocycles. The first-order valence-electron chi connectivity index (χ1n) is 9.39. The Morgan fingerprint density at radius 1 is 1.18 bits per heavy atom. The topological polar surface area (TPSA) is 61.4 Å². The molecule has 4 rings (SSSR count). The fourth-order valence-electron chi connectivity index (χ4n) is 3.49. The lowest BCUT2D eigenvalue weighted by Crippen LogP contribution is -2.49. The zero-order valence-corrected chi connectivity index (χ0v) is 16.5. The molecule has 6 nitrogen and oxygen atoms in total. The zero-order chi connectivity index (χ0) is 19.3. The van der Waals surface area contributed by atoms with Crippen molar-refractivity contribution in [3.63, 3.8) is 0 Å². The van der Waals surface area contributed by atoms with Crippen LogP contribution >= 0.6 is 11.3 Å². The highest BCUT2D eigenvalue weighted by Crippen LogP contribution is 2.37. The van der Waals surface area contributed by atoms with Gasteiger partial charge in [0.05, 0.1) is 11.9 Å². The second kappa shape index (κ2) is 8.50. The Bertz CT molecular complexity index is 963. The van der Waals surface area contributed by atoms with Crippen LogP contribution in [0.3, 0.4) is 0 Å². The summed E-state index contributed by atoms with van der Waals surface area (Å²) in [5.74, 6) is 1.03. The lowest BCUT2D eigenvalue weighted by molar-refractivity contribution is -0.122. The van der Waals surface area contributed by atoms with Crippen molar-refractivity contribution in [2.24, 2.45) is 0 Å². The van der Waals surface area contributed by atoms with Crippen molar-refractivity contribution in [2.75, 3.05) is 44.2 Å². The van der Waals surface area contributed by atoms with Crippen LogP contribution in [0, 0.1) is 0 Å². The summed E-state index contributed by atoms with van der Waals surface area (Å²) >= 11 is 1.65. The van der Waals surface area contributed by atoms with Gasteiger partial charge in [-0.25, -0.2) is 9.97 Å². The molecule has 1 amide bonds. The molecule has 1 fully saturated rings. The minimum Gasteiger partial charge on any atom is -0.353 e.